The summed E-state index contributed by atoms with van der Waals surface area (Å²) < 4.78 is 10.6. The highest BCUT2D eigenvalue weighted by atomic mass is 16.5. The van der Waals surface area contributed by atoms with Crippen LogP contribution >= 0.6 is 0 Å². The van der Waals surface area contributed by atoms with Crippen molar-refractivity contribution in [2.45, 2.75) is 32.1 Å². The third-order valence-corrected chi connectivity index (χ3v) is 4.08. The van der Waals surface area contributed by atoms with Gasteiger partial charge >= 0.3 is 0 Å². The van der Waals surface area contributed by atoms with Gasteiger partial charge in [-0.2, -0.15) is 0 Å². The van der Waals surface area contributed by atoms with Crippen LogP contribution in [0.15, 0.2) is 22.7 Å². The highest BCUT2D eigenvalue weighted by molar-refractivity contribution is 6.44. The van der Waals surface area contributed by atoms with Gasteiger partial charge in [-0.3, -0.25) is 9.59 Å². The van der Waals surface area contributed by atoms with E-state index >= 15 is 0 Å². The van der Waals surface area contributed by atoms with Gasteiger partial charge in [0.15, 0.2) is 0 Å². The van der Waals surface area contributed by atoms with Gasteiger partial charge in [-0.25, -0.2) is 0 Å². The topological polar surface area (TPSA) is 72.8 Å². The lowest BCUT2D eigenvalue weighted by Gasteiger charge is -2.22. The van der Waals surface area contributed by atoms with Crippen molar-refractivity contribution in [3.63, 3.8) is 0 Å². The number of Topliss-reactive ketones (excluding diaryl/α,β-unsaturated/α-hetero) is 2. The van der Waals surface area contributed by atoms with E-state index in [1.165, 1.54) is 7.11 Å². The van der Waals surface area contributed by atoms with Crippen LogP contribution < -0.4 is 0 Å². The summed E-state index contributed by atoms with van der Waals surface area (Å²) in [6, 6.07) is 0. The van der Waals surface area contributed by atoms with E-state index in [1.54, 1.807) is 7.11 Å². The quantitative estimate of drug-likeness (QED) is 0.790. The molecule has 0 radical (unpaired) electrons. The van der Waals surface area contributed by atoms with Gasteiger partial charge in [-0.15, -0.1) is 0 Å². The molecule has 5 nitrogen and oxygen atoms in total. The summed E-state index contributed by atoms with van der Waals surface area (Å²) in [5, 5.41) is 9.01. The van der Waals surface area contributed by atoms with Crippen LogP contribution in [0.25, 0.3) is 0 Å². The second kappa shape index (κ2) is 6.22. The average Bonchev–Trinajstić information content (AvgIpc) is 2.58. The summed E-state index contributed by atoms with van der Waals surface area (Å²) >= 11 is 0. The van der Waals surface area contributed by atoms with Crippen LogP contribution in [0.3, 0.4) is 0 Å². The Kier molecular flexibility index (Phi) is 4.60. The van der Waals surface area contributed by atoms with E-state index in [1.807, 2.05) is 0 Å². The molecule has 1 unspecified atom stereocenters. The second-order valence-corrected chi connectivity index (χ2v) is 5.13. The van der Waals surface area contributed by atoms with E-state index in [-0.39, 0.29) is 18.3 Å². The van der Waals surface area contributed by atoms with Gasteiger partial charge in [0.2, 0.25) is 11.6 Å². The van der Waals surface area contributed by atoms with Crippen molar-refractivity contribution in [3.8, 4) is 0 Å². The summed E-state index contributed by atoms with van der Waals surface area (Å²) in [5.74, 6) is 0.191. The van der Waals surface area contributed by atoms with Crippen LogP contribution in [0.4, 0.5) is 0 Å². The molecular weight excluding hydrogens is 260 g/mol. The highest BCUT2D eigenvalue weighted by Gasteiger charge is 2.35. The molecule has 0 heterocycles. The number of hydrogen-bond donors (Lipinski definition) is 1. The average molecular weight is 280 g/mol. The van der Waals surface area contributed by atoms with Crippen LogP contribution in [-0.2, 0) is 19.1 Å². The minimum Gasteiger partial charge on any atom is -0.497 e. The summed E-state index contributed by atoms with van der Waals surface area (Å²) in [5.41, 5.74) is 1.54. The van der Waals surface area contributed by atoms with Crippen molar-refractivity contribution < 1.29 is 24.2 Å². The maximum atomic E-state index is 12.3. The molecule has 0 aliphatic heterocycles. The Morgan fingerprint density at radius 2 is 1.80 bits per heavy atom. The molecule has 0 aromatic carbocycles. The fourth-order valence-electron chi connectivity index (χ4n) is 2.88. The number of carbonyl (C=O) groups excluding carboxylic acids is 2. The molecule has 110 valence electrons. The molecule has 0 spiro atoms. The minimum atomic E-state index is -0.416. The van der Waals surface area contributed by atoms with Crippen molar-refractivity contribution in [2.75, 3.05) is 20.8 Å². The zero-order valence-corrected chi connectivity index (χ0v) is 11.9. The van der Waals surface area contributed by atoms with E-state index in [4.69, 9.17) is 14.6 Å². The minimum absolute atomic E-state index is 0.0702. The number of aliphatic hydroxyl groups excluding tert-OH is 1. The number of ketones is 2. The standard InChI is InChI=1S/C15H20O5/c1-19-12-7-10-4-3-9(5-6-16)14(17)15(18)11(10)8-13(12)20-2/h9,16H,3-8H2,1-2H3. The van der Waals surface area contributed by atoms with E-state index < -0.39 is 5.78 Å². The van der Waals surface area contributed by atoms with E-state index in [2.05, 4.69) is 0 Å². The van der Waals surface area contributed by atoms with Crippen LogP contribution in [0, 0.1) is 5.92 Å². The number of aliphatic hydroxyl groups is 1. The lowest BCUT2D eigenvalue weighted by atomic mass is 9.90. The van der Waals surface area contributed by atoms with Crippen LogP contribution in [0.1, 0.15) is 32.1 Å². The molecule has 0 saturated heterocycles. The molecule has 5 heteroatoms. The Balaban J connectivity index is 2.26. The largest absolute Gasteiger partial charge is 0.497 e. The molecular formula is C15H20O5. The lowest BCUT2D eigenvalue weighted by Crippen LogP contribution is -2.25. The van der Waals surface area contributed by atoms with E-state index in [0.717, 1.165) is 11.3 Å². The van der Waals surface area contributed by atoms with Crippen molar-refractivity contribution in [1.29, 1.82) is 0 Å². The fourth-order valence-corrected chi connectivity index (χ4v) is 2.88. The molecule has 2 aliphatic carbocycles. The molecule has 0 amide bonds. The van der Waals surface area contributed by atoms with Crippen LogP contribution in [0.5, 0.6) is 0 Å². The number of methoxy groups -OCH3 is 2. The number of allylic oxidation sites excluding steroid dienone is 2. The number of carbonyl (C=O) groups is 2. The molecule has 20 heavy (non-hydrogen) atoms. The molecule has 2 aliphatic rings. The van der Waals surface area contributed by atoms with Gasteiger partial charge in [0.1, 0.15) is 11.5 Å². The highest BCUT2D eigenvalue weighted by Crippen LogP contribution is 2.37. The van der Waals surface area contributed by atoms with E-state index in [0.29, 0.717) is 43.4 Å². The second-order valence-electron chi connectivity index (χ2n) is 5.13. The van der Waals surface area contributed by atoms with Crippen molar-refractivity contribution in [3.05, 3.63) is 22.7 Å². The maximum Gasteiger partial charge on any atom is 0.225 e. The first kappa shape index (κ1) is 14.8. The first-order valence-electron chi connectivity index (χ1n) is 6.82. The summed E-state index contributed by atoms with van der Waals surface area (Å²) in [4.78, 5) is 24.5. The molecule has 0 fully saturated rings. The van der Waals surface area contributed by atoms with Gasteiger partial charge in [-0.1, -0.05) is 5.57 Å². The first-order chi connectivity index (χ1) is 9.62. The molecule has 0 bridgehead atoms. The van der Waals surface area contributed by atoms with Gasteiger partial charge in [0, 0.05) is 30.9 Å². The number of hydrogen-bond acceptors (Lipinski definition) is 5. The Bertz CT molecular complexity index is 486. The first-order valence-corrected chi connectivity index (χ1v) is 6.82. The Labute approximate surface area is 118 Å². The maximum absolute atomic E-state index is 12.3. The normalized spacial score (nSPS) is 23.6. The lowest BCUT2D eigenvalue weighted by molar-refractivity contribution is -0.137. The van der Waals surface area contributed by atoms with Crippen LogP contribution in [-0.4, -0.2) is 37.5 Å². The Morgan fingerprint density at radius 3 is 2.40 bits per heavy atom. The van der Waals surface area contributed by atoms with Gasteiger partial charge in [-0.05, 0) is 19.3 Å². The number of ether oxygens (including phenoxy) is 2. The zero-order chi connectivity index (χ0) is 14.7. The van der Waals surface area contributed by atoms with Gasteiger partial charge in [0.25, 0.3) is 0 Å². The fraction of sp³-hybridized carbons (Fsp3) is 0.600. The van der Waals surface area contributed by atoms with Crippen LogP contribution in [0.2, 0.25) is 0 Å². The molecule has 0 saturated carbocycles. The molecule has 1 atom stereocenters. The summed E-state index contributed by atoms with van der Waals surface area (Å²) in [7, 11) is 3.12. The summed E-state index contributed by atoms with van der Waals surface area (Å²) in [6.45, 7) is -0.0702. The molecule has 0 aromatic heterocycles. The Morgan fingerprint density at radius 1 is 1.15 bits per heavy atom. The van der Waals surface area contributed by atoms with E-state index in [9.17, 15) is 9.59 Å². The predicted molar refractivity (Wildman–Crippen MR) is 71.7 cm³/mol. The van der Waals surface area contributed by atoms with Crippen molar-refractivity contribution in [2.24, 2.45) is 5.92 Å². The molecule has 2 rings (SSSR count). The molecule has 0 aromatic rings. The predicted octanol–water partition coefficient (Wildman–Crippen LogP) is 1.51. The third-order valence-electron chi connectivity index (χ3n) is 4.08. The monoisotopic (exact) mass is 280 g/mol. The summed E-state index contributed by atoms with van der Waals surface area (Å²) in [6.07, 6.45) is 2.52. The third kappa shape index (κ3) is 2.63. The van der Waals surface area contributed by atoms with Gasteiger partial charge in [0.05, 0.1) is 14.2 Å². The van der Waals surface area contributed by atoms with Gasteiger partial charge < -0.3 is 14.6 Å². The molecule has 1 N–H and O–H groups in total. The SMILES string of the molecule is COC1=C(OC)CC2=C(CCC(CCO)C(=O)C2=O)C1. The Hall–Kier alpha value is -1.62. The smallest absolute Gasteiger partial charge is 0.225 e. The number of rotatable bonds is 4. The van der Waals surface area contributed by atoms with Crippen molar-refractivity contribution >= 4 is 11.6 Å². The zero-order valence-electron chi connectivity index (χ0n) is 11.9. The van der Waals surface area contributed by atoms with Crippen molar-refractivity contribution in [1.82, 2.24) is 0 Å².